The molecule has 0 fully saturated rings. The minimum absolute atomic E-state index is 0.103. The van der Waals surface area contributed by atoms with Gasteiger partial charge in [-0.15, -0.1) is 0 Å². The van der Waals surface area contributed by atoms with Crippen molar-refractivity contribution in [2.75, 3.05) is 6.54 Å². The van der Waals surface area contributed by atoms with E-state index in [-0.39, 0.29) is 5.56 Å². The van der Waals surface area contributed by atoms with Crippen molar-refractivity contribution in [1.82, 2.24) is 10.3 Å². The number of carbonyl (C=O) groups is 1. The molecule has 2 N–H and O–H groups in total. The number of hydrogen-bond acceptors (Lipinski definition) is 2. The van der Waals surface area contributed by atoms with Crippen LogP contribution >= 0.6 is 0 Å². The Balaban J connectivity index is 2.25. The Morgan fingerprint density at radius 3 is 2.50 bits per heavy atom. The Labute approximate surface area is 117 Å². The van der Waals surface area contributed by atoms with E-state index in [9.17, 15) is 9.59 Å². The fourth-order valence-corrected chi connectivity index (χ4v) is 1.76. The summed E-state index contributed by atoms with van der Waals surface area (Å²) in [6.07, 6.45) is 0. The normalized spacial score (nSPS) is 10.1. The smallest absolute Gasteiger partial charge is 0.261 e. The summed E-state index contributed by atoms with van der Waals surface area (Å²) in [6.45, 7) is 5.86. The Morgan fingerprint density at radius 2 is 1.90 bits per heavy atom. The molecule has 0 atom stereocenters. The molecule has 1 aromatic heterocycles. The molecule has 102 valence electrons. The minimum atomic E-state index is -0.398. The van der Waals surface area contributed by atoms with Crippen molar-refractivity contribution < 1.29 is 4.79 Å². The van der Waals surface area contributed by atoms with Crippen molar-refractivity contribution in [3.8, 4) is 11.3 Å². The van der Waals surface area contributed by atoms with Crippen LogP contribution in [0.15, 0.2) is 59.4 Å². The summed E-state index contributed by atoms with van der Waals surface area (Å²) < 4.78 is 0. The van der Waals surface area contributed by atoms with Crippen LogP contribution in [0.1, 0.15) is 17.3 Å². The molecular weight excluding hydrogens is 252 g/mol. The van der Waals surface area contributed by atoms with Crippen LogP contribution in [0.2, 0.25) is 0 Å². The molecule has 2 aromatic rings. The van der Waals surface area contributed by atoms with E-state index in [1.165, 1.54) is 6.07 Å². The van der Waals surface area contributed by atoms with Crippen LogP contribution in [-0.4, -0.2) is 17.4 Å². The van der Waals surface area contributed by atoms with Crippen LogP contribution in [0.4, 0.5) is 0 Å². The second kappa shape index (κ2) is 6.02. The van der Waals surface area contributed by atoms with Gasteiger partial charge in [0.2, 0.25) is 0 Å². The number of aromatic amines is 1. The number of H-pyrrole nitrogens is 1. The maximum Gasteiger partial charge on any atom is 0.261 e. The lowest BCUT2D eigenvalue weighted by Crippen LogP contribution is -2.30. The first-order valence-corrected chi connectivity index (χ1v) is 6.29. The fraction of sp³-hybridized carbons (Fsp3) is 0.125. The first kappa shape index (κ1) is 13.8. The molecule has 4 nitrogen and oxygen atoms in total. The standard InChI is InChI=1S/C16H16N2O2/c1-11(2)10-17-15(19)13-8-9-14(18-16(13)20)12-6-4-3-5-7-12/h3-9H,1,10H2,2H3,(H,17,19)(H,18,20). The Morgan fingerprint density at radius 1 is 1.20 bits per heavy atom. The Bertz CT molecular complexity index is 687. The molecule has 0 bridgehead atoms. The van der Waals surface area contributed by atoms with Crippen molar-refractivity contribution in [2.24, 2.45) is 0 Å². The maximum atomic E-state index is 12.0. The highest BCUT2D eigenvalue weighted by Gasteiger charge is 2.10. The van der Waals surface area contributed by atoms with Gasteiger partial charge in [0.15, 0.2) is 0 Å². The zero-order chi connectivity index (χ0) is 14.5. The summed E-state index contributed by atoms with van der Waals surface area (Å²) in [4.78, 5) is 26.5. The van der Waals surface area contributed by atoms with Crippen molar-refractivity contribution in [1.29, 1.82) is 0 Å². The number of benzene rings is 1. The SMILES string of the molecule is C=C(C)CNC(=O)c1ccc(-c2ccccc2)[nH]c1=O. The highest BCUT2D eigenvalue weighted by atomic mass is 16.2. The van der Waals surface area contributed by atoms with Gasteiger partial charge in [-0.25, -0.2) is 0 Å². The van der Waals surface area contributed by atoms with Gasteiger partial charge in [-0.05, 0) is 24.6 Å². The molecule has 1 amide bonds. The molecule has 0 aliphatic heterocycles. The average Bonchev–Trinajstić information content (AvgIpc) is 2.45. The largest absolute Gasteiger partial charge is 0.348 e. The van der Waals surface area contributed by atoms with Gasteiger partial charge in [-0.1, -0.05) is 42.5 Å². The van der Waals surface area contributed by atoms with Crippen molar-refractivity contribution in [2.45, 2.75) is 6.92 Å². The van der Waals surface area contributed by atoms with E-state index in [1.807, 2.05) is 37.3 Å². The van der Waals surface area contributed by atoms with Gasteiger partial charge in [0.05, 0.1) is 0 Å². The van der Waals surface area contributed by atoms with Crippen LogP contribution in [-0.2, 0) is 0 Å². The zero-order valence-electron chi connectivity index (χ0n) is 11.3. The number of aromatic nitrogens is 1. The highest BCUT2D eigenvalue weighted by molar-refractivity contribution is 5.94. The third kappa shape index (κ3) is 3.23. The summed E-state index contributed by atoms with van der Waals surface area (Å²) >= 11 is 0. The van der Waals surface area contributed by atoms with E-state index in [1.54, 1.807) is 6.07 Å². The van der Waals surface area contributed by atoms with E-state index in [4.69, 9.17) is 0 Å². The molecule has 0 unspecified atom stereocenters. The van der Waals surface area contributed by atoms with Crippen LogP contribution < -0.4 is 10.9 Å². The maximum absolute atomic E-state index is 12.0. The molecule has 1 aromatic carbocycles. The molecule has 0 aliphatic carbocycles. The molecule has 2 rings (SSSR count). The van der Waals surface area contributed by atoms with Gasteiger partial charge in [0.1, 0.15) is 5.56 Å². The minimum Gasteiger partial charge on any atom is -0.348 e. The molecule has 0 aliphatic rings. The van der Waals surface area contributed by atoms with E-state index >= 15 is 0 Å². The Hall–Kier alpha value is -2.62. The van der Waals surface area contributed by atoms with E-state index in [0.717, 1.165) is 11.1 Å². The zero-order valence-corrected chi connectivity index (χ0v) is 11.3. The van der Waals surface area contributed by atoms with Gasteiger partial charge < -0.3 is 10.3 Å². The summed E-state index contributed by atoms with van der Waals surface area (Å²) in [5, 5.41) is 2.64. The number of rotatable bonds is 4. The number of nitrogens with one attached hydrogen (secondary N) is 2. The van der Waals surface area contributed by atoms with E-state index in [2.05, 4.69) is 16.9 Å². The monoisotopic (exact) mass is 268 g/mol. The third-order valence-corrected chi connectivity index (χ3v) is 2.79. The topological polar surface area (TPSA) is 62.0 Å². The second-order valence-electron chi connectivity index (χ2n) is 4.62. The summed E-state index contributed by atoms with van der Waals surface area (Å²) in [5.74, 6) is -0.395. The second-order valence-corrected chi connectivity index (χ2v) is 4.62. The predicted octanol–water partition coefficient (Wildman–Crippen LogP) is 2.35. The summed E-state index contributed by atoms with van der Waals surface area (Å²) in [5.41, 5.74) is 2.12. The number of pyridine rings is 1. The van der Waals surface area contributed by atoms with Crippen LogP contribution in [0.5, 0.6) is 0 Å². The van der Waals surface area contributed by atoms with Crippen LogP contribution in [0.25, 0.3) is 11.3 Å². The van der Waals surface area contributed by atoms with Gasteiger partial charge >= 0.3 is 0 Å². The van der Waals surface area contributed by atoms with E-state index in [0.29, 0.717) is 12.2 Å². The Kier molecular flexibility index (Phi) is 4.15. The molecule has 0 spiro atoms. The van der Waals surface area contributed by atoms with Crippen molar-refractivity contribution in [3.05, 3.63) is 70.5 Å². The van der Waals surface area contributed by atoms with Crippen molar-refractivity contribution in [3.63, 3.8) is 0 Å². The number of carbonyl (C=O) groups excluding carboxylic acids is 1. The molecule has 1 heterocycles. The number of amides is 1. The third-order valence-electron chi connectivity index (χ3n) is 2.79. The van der Waals surface area contributed by atoms with E-state index < -0.39 is 11.5 Å². The van der Waals surface area contributed by atoms with Gasteiger partial charge in [0, 0.05) is 12.2 Å². The summed E-state index contributed by atoms with van der Waals surface area (Å²) in [6, 6.07) is 12.7. The first-order valence-electron chi connectivity index (χ1n) is 6.29. The van der Waals surface area contributed by atoms with Gasteiger partial charge in [0.25, 0.3) is 11.5 Å². The van der Waals surface area contributed by atoms with Gasteiger partial charge in [-0.2, -0.15) is 0 Å². The molecule has 0 saturated carbocycles. The molecular formula is C16H16N2O2. The first-order chi connectivity index (χ1) is 9.58. The lowest BCUT2D eigenvalue weighted by molar-refractivity contribution is 0.0955. The molecule has 0 saturated heterocycles. The fourth-order valence-electron chi connectivity index (χ4n) is 1.76. The lowest BCUT2D eigenvalue weighted by Gasteiger charge is -2.06. The molecule has 0 radical (unpaired) electrons. The summed E-state index contributed by atoms with van der Waals surface area (Å²) in [7, 11) is 0. The number of hydrogen-bond donors (Lipinski definition) is 2. The molecule has 4 heteroatoms. The average molecular weight is 268 g/mol. The highest BCUT2D eigenvalue weighted by Crippen LogP contribution is 2.14. The lowest BCUT2D eigenvalue weighted by atomic mass is 10.1. The van der Waals surface area contributed by atoms with Crippen LogP contribution in [0, 0.1) is 0 Å². The quantitative estimate of drug-likeness (QED) is 0.836. The van der Waals surface area contributed by atoms with Crippen molar-refractivity contribution >= 4 is 5.91 Å². The van der Waals surface area contributed by atoms with Crippen LogP contribution in [0.3, 0.4) is 0 Å². The predicted molar refractivity (Wildman–Crippen MR) is 79.6 cm³/mol. The molecule has 20 heavy (non-hydrogen) atoms. The van der Waals surface area contributed by atoms with Gasteiger partial charge in [-0.3, -0.25) is 9.59 Å².